The van der Waals surface area contributed by atoms with E-state index in [1.807, 2.05) is 0 Å². The normalized spacial score (nSPS) is 16.9. The van der Waals surface area contributed by atoms with Gasteiger partial charge in [-0.25, -0.2) is 0 Å². The average molecular weight is 404 g/mol. The van der Waals surface area contributed by atoms with E-state index < -0.39 is 55.3 Å². The molecule has 0 aromatic carbocycles. The van der Waals surface area contributed by atoms with Gasteiger partial charge in [-0.2, -0.15) is 52.7 Å². The van der Waals surface area contributed by atoms with Crippen molar-refractivity contribution in [1.29, 1.82) is 0 Å². The highest BCUT2D eigenvalue weighted by Crippen LogP contribution is 2.39. The van der Waals surface area contributed by atoms with Crippen LogP contribution in [0.4, 0.5) is 52.7 Å². The van der Waals surface area contributed by atoms with E-state index >= 15 is 0 Å². The fourth-order valence-corrected chi connectivity index (χ4v) is 1.11. The third kappa shape index (κ3) is 14.1. The maximum absolute atomic E-state index is 11.7. The molecule has 25 heavy (non-hydrogen) atoms. The van der Waals surface area contributed by atoms with Gasteiger partial charge in [-0.05, 0) is 6.42 Å². The number of alkyl halides is 12. The molecule has 0 aromatic rings. The lowest BCUT2D eigenvalue weighted by Crippen LogP contribution is -2.35. The molecule has 0 spiro atoms. The standard InChI is InChI=1S/2C6H8F6.CH4/c1-4(6(10,11)12)2-3-5(7,8)9;1-3(5(7,8)9)4(2)6(10,11)12;/h4H,2-3H2,1H3;3-4H,1-2H3;1H4. The molecular weight excluding hydrogens is 384 g/mol. The van der Waals surface area contributed by atoms with Crippen LogP contribution in [0.3, 0.4) is 0 Å². The molecule has 0 aliphatic heterocycles. The summed E-state index contributed by atoms with van der Waals surface area (Å²) in [6.07, 6.45) is -20.9. The molecule has 0 aliphatic rings. The smallest absolute Gasteiger partial charge is 0.171 e. The molecule has 0 saturated carbocycles. The van der Waals surface area contributed by atoms with Crippen LogP contribution in [0.25, 0.3) is 0 Å². The van der Waals surface area contributed by atoms with E-state index in [0.717, 1.165) is 6.92 Å². The van der Waals surface area contributed by atoms with Gasteiger partial charge in [0.2, 0.25) is 0 Å². The second-order valence-corrected chi connectivity index (χ2v) is 5.26. The van der Waals surface area contributed by atoms with Crippen LogP contribution in [-0.2, 0) is 0 Å². The minimum absolute atomic E-state index is 0. The largest absolute Gasteiger partial charge is 0.392 e. The Hall–Kier alpha value is -0.840. The third-order valence-electron chi connectivity index (χ3n) is 3.20. The molecule has 12 heteroatoms. The zero-order valence-corrected chi connectivity index (χ0v) is 12.7. The van der Waals surface area contributed by atoms with Crippen LogP contribution in [0.1, 0.15) is 41.0 Å². The van der Waals surface area contributed by atoms with Crippen LogP contribution in [0.2, 0.25) is 0 Å². The minimum Gasteiger partial charge on any atom is -0.171 e. The summed E-state index contributed by atoms with van der Waals surface area (Å²) in [4.78, 5) is 0. The maximum atomic E-state index is 11.7. The summed E-state index contributed by atoms with van der Waals surface area (Å²) < 4.78 is 140. The number of hydrogen-bond acceptors (Lipinski definition) is 0. The first-order chi connectivity index (χ1) is 10.2. The predicted octanol–water partition coefficient (Wildman–Crippen LogP) is 7.55. The zero-order valence-electron chi connectivity index (χ0n) is 12.7. The Bertz CT molecular complexity index is 328. The second-order valence-electron chi connectivity index (χ2n) is 5.26. The van der Waals surface area contributed by atoms with Gasteiger partial charge in [-0.15, -0.1) is 0 Å². The van der Waals surface area contributed by atoms with Gasteiger partial charge in [-0.3, -0.25) is 0 Å². The van der Waals surface area contributed by atoms with Crippen LogP contribution >= 0.6 is 0 Å². The van der Waals surface area contributed by atoms with E-state index in [0.29, 0.717) is 13.8 Å². The van der Waals surface area contributed by atoms with Gasteiger partial charge in [0.05, 0.1) is 17.8 Å². The van der Waals surface area contributed by atoms with Gasteiger partial charge < -0.3 is 0 Å². The quantitative estimate of drug-likeness (QED) is 0.426. The van der Waals surface area contributed by atoms with Gasteiger partial charge in [-0.1, -0.05) is 28.2 Å². The topological polar surface area (TPSA) is 0 Å². The van der Waals surface area contributed by atoms with E-state index in [4.69, 9.17) is 0 Å². The predicted molar refractivity (Wildman–Crippen MR) is 67.7 cm³/mol. The summed E-state index contributed by atoms with van der Waals surface area (Å²) in [5, 5.41) is 0. The lowest BCUT2D eigenvalue weighted by Gasteiger charge is -2.24. The summed E-state index contributed by atoms with van der Waals surface area (Å²) in [5.74, 6) is -6.59. The van der Waals surface area contributed by atoms with E-state index in [9.17, 15) is 52.7 Å². The van der Waals surface area contributed by atoms with Crippen molar-refractivity contribution in [2.45, 2.75) is 65.7 Å². The zero-order chi connectivity index (χ0) is 20.1. The van der Waals surface area contributed by atoms with Gasteiger partial charge >= 0.3 is 24.7 Å². The summed E-state index contributed by atoms with van der Waals surface area (Å²) in [6.45, 7) is 1.79. The molecule has 0 aromatic heterocycles. The first kappa shape index (κ1) is 28.9. The molecule has 0 amide bonds. The van der Waals surface area contributed by atoms with Crippen molar-refractivity contribution in [3.8, 4) is 0 Å². The first-order valence-corrected chi connectivity index (χ1v) is 6.46. The van der Waals surface area contributed by atoms with Crippen molar-refractivity contribution in [3.05, 3.63) is 0 Å². The van der Waals surface area contributed by atoms with E-state index in [1.165, 1.54) is 0 Å². The van der Waals surface area contributed by atoms with Crippen LogP contribution < -0.4 is 0 Å². The molecule has 0 N–H and O–H groups in total. The molecule has 0 aliphatic carbocycles. The Labute approximate surface area is 137 Å². The van der Waals surface area contributed by atoms with Gasteiger partial charge in [0.25, 0.3) is 0 Å². The molecule has 0 nitrogen and oxygen atoms in total. The molecule has 0 heterocycles. The van der Waals surface area contributed by atoms with Crippen molar-refractivity contribution in [2.75, 3.05) is 0 Å². The van der Waals surface area contributed by atoms with Crippen molar-refractivity contribution in [1.82, 2.24) is 0 Å². The SMILES string of the molecule is C.CC(C(C)C(F)(F)F)C(F)(F)F.CC(CCC(F)(F)F)C(F)(F)F. The van der Waals surface area contributed by atoms with Gasteiger partial charge in [0.15, 0.2) is 0 Å². The fourth-order valence-electron chi connectivity index (χ4n) is 1.11. The molecule has 0 fully saturated rings. The molecule has 0 rings (SSSR count). The monoisotopic (exact) mass is 404 g/mol. The first-order valence-electron chi connectivity index (χ1n) is 6.46. The highest BCUT2D eigenvalue weighted by atomic mass is 19.4. The molecule has 3 unspecified atom stereocenters. The third-order valence-corrected chi connectivity index (χ3v) is 3.20. The minimum atomic E-state index is -4.78. The van der Waals surface area contributed by atoms with Crippen LogP contribution in [0.5, 0.6) is 0 Å². The Morgan fingerprint density at radius 2 is 0.840 bits per heavy atom. The van der Waals surface area contributed by atoms with Crippen LogP contribution in [0.15, 0.2) is 0 Å². The summed E-state index contributed by atoms with van der Waals surface area (Å²) >= 11 is 0. The highest BCUT2D eigenvalue weighted by Gasteiger charge is 2.50. The summed E-state index contributed by atoms with van der Waals surface area (Å²) in [6, 6.07) is 0. The maximum Gasteiger partial charge on any atom is 0.392 e. The van der Waals surface area contributed by atoms with E-state index in [1.54, 1.807) is 0 Å². The van der Waals surface area contributed by atoms with E-state index in [-0.39, 0.29) is 7.43 Å². The molecular formula is C13H20F12. The van der Waals surface area contributed by atoms with Gasteiger partial charge in [0, 0.05) is 6.42 Å². The van der Waals surface area contributed by atoms with Crippen molar-refractivity contribution in [3.63, 3.8) is 0 Å². The fraction of sp³-hybridized carbons (Fsp3) is 1.00. The number of rotatable bonds is 3. The molecule has 156 valence electrons. The molecule has 0 radical (unpaired) electrons. The van der Waals surface area contributed by atoms with E-state index in [2.05, 4.69) is 0 Å². The van der Waals surface area contributed by atoms with Crippen molar-refractivity contribution >= 4 is 0 Å². The van der Waals surface area contributed by atoms with Crippen molar-refractivity contribution in [2.24, 2.45) is 17.8 Å². The van der Waals surface area contributed by atoms with Gasteiger partial charge in [0.1, 0.15) is 0 Å². The lowest BCUT2D eigenvalue weighted by atomic mass is 9.95. The number of halogens is 12. The summed E-state index contributed by atoms with van der Waals surface area (Å²) in [5.41, 5.74) is 0. The number of hydrogen-bond donors (Lipinski definition) is 0. The Morgan fingerprint density at radius 3 is 1.00 bits per heavy atom. The molecule has 3 atom stereocenters. The highest BCUT2D eigenvalue weighted by molar-refractivity contribution is 4.74. The summed E-state index contributed by atoms with van der Waals surface area (Å²) in [7, 11) is 0. The van der Waals surface area contributed by atoms with Crippen LogP contribution in [-0.4, -0.2) is 24.7 Å². The second kappa shape index (κ2) is 9.75. The average Bonchev–Trinajstić information content (AvgIpc) is 2.30. The Morgan fingerprint density at radius 1 is 0.560 bits per heavy atom. The van der Waals surface area contributed by atoms with Crippen LogP contribution in [0, 0.1) is 17.8 Å². The Balaban J connectivity index is -0.000000372. The lowest BCUT2D eigenvalue weighted by molar-refractivity contribution is -0.245. The molecule has 0 saturated heterocycles. The van der Waals surface area contributed by atoms with Crippen molar-refractivity contribution < 1.29 is 52.7 Å². The molecule has 0 bridgehead atoms. The Kier molecular flexibility index (Phi) is 11.3.